The Morgan fingerprint density at radius 2 is 1.71 bits per heavy atom. The van der Waals surface area contributed by atoms with Gasteiger partial charge in [-0.1, -0.05) is 23.3 Å². The second-order valence-corrected chi connectivity index (χ2v) is 12.6. The van der Waals surface area contributed by atoms with E-state index in [1.54, 1.807) is 42.2 Å². The average molecular weight is 767 g/mol. The van der Waals surface area contributed by atoms with E-state index in [2.05, 4.69) is 20.9 Å². The number of halogens is 1. The largest absolute Gasteiger partial charge is 0.493 e. The van der Waals surface area contributed by atoms with Crippen molar-refractivity contribution in [2.75, 3.05) is 77.3 Å². The Bertz CT molecular complexity index is 2060. The maximum atomic E-state index is 14.1. The first-order valence-corrected chi connectivity index (χ1v) is 16.3. The Morgan fingerprint density at radius 1 is 0.959 bits per heavy atom. The molecule has 3 aromatic carbocycles. The van der Waals surface area contributed by atoms with Crippen LogP contribution in [0.25, 0.3) is 21.8 Å². The zero-order valence-corrected chi connectivity index (χ0v) is 30.7. The molecular weight excluding hydrogens is 730 g/mol. The number of carbonyl (C=O) groups is 2. The monoisotopic (exact) mass is 768 g/mol. The molecule has 0 fully saturated rings. The molecule has 11 nitrogen and oxygen atoms in total. The van der Waals surface area contributed by atoms with Crippen LogP contribution in [0.1, 0.15) is 38.0 Å². The molecule has 256 valence electrons. The minimum Gasteiger partial charge on any atom is -0.493 e. The van der Waals surface area contributed by atoms with Crippen molar-refractivity contribution in [2.45, 2.75) is 12.3 Å². The topological polar surface area (TPSA) is 112 Å². The first kappa shape index (κ1) is 34.7. The van der Waals surface area contributed by atoms with Gasteiger partial charge >= 0.3 is 0 Å². The van der Waals surface area contributed by atoms with Crippen LogP contribution in [0.15, 0.2) is 42.5 Å². The number of hydrogen-bond acceptors (Lipinski definition) is 7. The molecule has 4 heterocycles. The van der Waals surface area contributed by atoms with Crippen molar-refractivity contribution in [1.29, 1.82) is 0 Å². The maximum absolute atomic E-state index is 14.1. The Balaban J connectivity index is 0.00000417. The second-order valence-electron chi connectivity index (χ2n) is 12.3. The number of amides is 2. The molecule has 0 radical (unpaired) electrons. The Kier molecular flexibility index (Phi) is 9.89. The fourth-order valence-corrected chi connectivity index (χ4v) is 7.04. The van der Waals surface area contributed by atoms with Crippen LogP contribution < -0.4 is 28.7 Å². The molecule has 2 N–H and O–H groups in total. The summed E-state index contributed by atoms with van der Waals surface area (Å²) in [7, 11) is 8.63. The molecule has 49 heavy (non-hydrogen) atoms. The van der Waals surface area contributed by atoms with Gasteiger partial charge in [0, 0.05) is 58.0 Å². The number of likely N-dealkylation sites (N-methyl/N-ethyl adjacent to an activating group) is 1. The van der Waals surface area contributed by atoms with Crippen molar-refractivity contribution in [3.05, 3.63) is 71.0 Å². The minimum atomic E-state index is -0.225. The molecular formula is C36H37ClMoN5O6-. The first-order valence-electron chi connectivity index (χ1n) is 15.7. The SMILES string of the molecule is COc1cc2cc(C(=O)N3C[C@@H](CCl)c4c3c[c-]c3[nH]c(C(=O)N5CCc6ccc(OCCN(C)C)cc65)cc43)[nH]c2c(OC)c1OC.[Mo]. The third kappa shape index (κ3) is 6.02. The van der Waals surface area contributed by atoms with Crippen molar-refractivity contribution in [1.82, 2.24) is 14.9 Å². The van der Waals surface area contributed by atoms with Gasteiger partial charge in [-0.2, -0.15) is 12.1 Å². The Morgan fingerprint density at radius 3 is 2.43 bits per heavy atom. The van der Waals surface area contributed by atoms with Crippen molar-refractivity contribution < 1.29 is 49.6 Å². The number of rotatable bonds is 10. The number of anilines is 2. The van der Waals surface area contributed by atoms with Crippen molar-refractivity contribution in [3.8, 4) is 23.0 Å². The van der Waals surface area contributed by atoms with Crippen LogP contribution in [-0.4, -0.2) is 94.2 Å². The quantitative estimate of drug-likeness (QED) is 0.108. The number of hydrogen-bond donors (Lipinski definition) is 2. The molecule has 0 bridgehead atoms. The standard InChI is InChI=1S/C36H37ClN5O6.Mo/c1-40(2)12-13-48-23-7-6-20-10-11-41(29(20)16-23)35(43)27-17-24-25(38-27)8-9-28-31(24)22(18-37)19-42(28)36(44)26-14-21-15-30(45-3)33(46-4)34(47-5)32(21)39-26;/h6-7,9,14-17,22,38-39H,10-13,18-19H2,1-5H3;/q-1;/t22-;/m1./s1. The fraction of sp³-hybridized carbons (Fsp3) is 0.333. The number of methoxy groups -OCH3 is 3. The van der Waals surface area contributed by atoms with Crippen LogP contribution >= 0.6 is 11.6 Å². The summed E-state index contributed by atoms with van der Waals surface area (Å²) in [5.41, 5.74) is 5.73. The van der Waals surface area contributed by atoms with Crippen LogP contribution in [0, 0.1) is 6.07 Å². The van der Waals surface area contributed by atoms with Gasteiger partial charge in [0.25, 0.3) is 11.8 Å². The second kappa shape index (κ2) is 14.0. The van der Waals surface area contributed by atoms with E-state index in [1.807, 2.05) is 38.4 Å². The minimum absolute atomic E-state index is 0. The smallest absolute Gasteiger partial charge is 0.273 e. The molecule has 0 spiro atoms. The van der Waals surface area contributed by atoms with Crippen molar-refractivity contribution in [3.63, 3.8) is 0 Å². The summed E-state index contributed by atoms with van der Waals surface area (Å²) in [5.74, 6) is 1.91. The molecule has 0 aliphatic carbocycles. The number of H-pyrrole nitrogens is 2. The van der Waals surface area contributed by atoms with E-state index in [0.29, 0.717) is 70.9 Å². The van der Waals surface area contributed by atoms with Gasteiger partial charge in [-0.3, -0.25) is 9.59 Å². The number of aromatic nitrogens is 2. The van der Waals surface area contributed by atoms with Crippen molar-refractivity contribution >= 4 is 56.6 Å². The maximum Gasteiger partial charge on any atom is 0.273 e. The predicted molar refractivity (Wildman–Crippen MR) is 186 cm³/mol. The van der Waals surface area contributed by atoms with Gasteiger partial charge in [-0.15, -0.1) is 22.6 Å². The zero-order valence-electron chi connectivity index (χ0n) is 27.9. The molecule has 13 heteroatoms. The number of benzene rings is 3. The van der Waals surface area contributed by atoms with E-state index in [9.17, 15) is 9.59 Å². The van der Waals surface area contributed by atoms with Gasteiger partial charge in [-0.25, -0.2) is 0 Å². The normalized spacial score (nSPS) is 15.0. The van der Waals surface area contributed by atoms with Gasteiger partial charge < -0.3 is 43.6 Å². The number of ether oxygens (including phenoxy) is 4. The molecule has 2 aromatic heterocycles. The summed E-state index contributed by atoms with van der Waals surface area (Å²) in [5, 5.41) is 1.57. The molecule has 2 aliphatic heterocycles. The summed E-state index contributed by atoms with van der Waals surface area (Å²) in [6, 6.07) is 16.5. The zero-order chi connectivity index (χ0) is 33.7. The van der Waals surface area contributed by atoms with Gasteiger partial charge in [0.15, 0.2) is 11.5 Å². The molecule has 2 amide bonds. The molecule has 0 saturated carbocycles. The molecule has 0 saturated heterocycles. The summed E-state index contributed by atoms with van der Waals surface area (Å²) in [4.78, 5) is 40.1. The van der Waals surface area contributed by atoms with Gasteiger partial charge in [-0.05, 0) is 50.2 Å². The molecule has 7 rings (SSSR count). The van der Waals surface area contributed by atoms with Crippen LogP contribution in [0.2, 0.25) is 0 Å². The molecule has 5 aromatic rings. The number of nitrogens with zero attached hydrogens (tertiary/aromatic N) is 3. The van der Waals surface area contributed by atoms with Crippen LogP contribution in [0.3, 0.4) is 0 Å². The van der Waals surface area contributed by atoms with E-state index < -0.39 is 0 Å². The first-order chi connectivity index (χ1) is 23.3. The van der Waals surface area contributed by atoms with E-state index in [1.165, 1.54) is 7.11 Å². The molecule has 1 atom stereocenters. The fourth-order valence-electron chi connectivity index (χ4n) is 6.79. The van der Waals surface area contributed by atoms with E-state index in [-0.39, 0.29) is 38.8 Å². The number of aromatic amines is 2. The van der Waals surface area contributed by atoms with E-state index in [4.69, 9.17) is 30.5 Å². The van der Waals surface area contributed by atoms with E-state index in [0.717, 1.165) is 46.3 Å². The summed E-state index contributed by atoms with van der Waals surface area (Å²) < 4.78 is 22.6. The van der Waals surface area contributed by atoms with Crippen LogP contribution in [0.5, 0.6) is 23.0 Å². The van der Waals surface area contributed by atoms with Gasteiger partial charge in [0.2, 0.25) is 5.75 Å². The van der Waals surface area contributed by atoms with E-state index >= 15 is 0 Å². The summed E-state index contributed by atoms with van der Waals surface area (Å²) in [6.07, 6.45) is 0.769. The van der Waals surface area contributed by atoms with Crippen LogP contribution in [0.4, 0.5) is 11.4 Å². The van der Waals surface area contributed by atoms with Crippen molar-refractivity contribution in [2.24, 2.45) is 0 Å². The molecule has 2 aliphatic rings. The third-order valence-corrected chi connectivity index (χ3v) is 9.53. The summed E-state index contributed by atoms with van der Waals surface area (Å²) >= 11 is 6.52. The van der Waals surface area contributed by atoms with Gasteiger partial charge in [0.05, 0.1) is 38.2 Å². The van der Waals surface area contributed by atoms with Gasteiger partial charge in [0.1, 0.15) is 18.1 Å². The average Bonchev–Trinajstić information content (AvgIpc) is 3.89. The Labute approximate surface area is 303 Å². The number of alkyl halides is 1. The number of nitrogens with one attached hydrogen (secondary N) is 2. The van der Waals surface area contributed by atoms with Crippen LogP contribution in [-0.2, 0) is 27.5 Å². The molecule has 0 unspecified atom stereocenters. The Hall–Kier alpha value is -4.18. The summed E-state index contributed by atoms with van der Waals surface area (Å²) in [6.45, 7) is 2.31. The number of fused-ring (bicyclic) bond motifs is 5. The third-order valence-electron chi connectivity index (χ3n) is 9.16. The number of carbonyl (C=O) groups excluding carboxylic acids is 2. The predicted octanol–water partition coefficient (Wildman–Crippen LogP) is 5.60.